The van der Waals surface area contributed by atoms with Gasteiger partial charge in [-0.3, -0.25) is 25.2 Å². The van der Waals surface area contributed by atoms with Crippen LogP contribution in [0.4, 0.5) is 0 Å². The Hall–Kier alpha value is -2.77. The van der Waals surface area contributed by atoms with Crippen molar-refractivity contribution in [3.8, 4) is 11.5 Å². The molecule has 0 spiro atoms. The predicted molar refractivity (Wildman–Crippen MR) is 85.6 cm³/mol. The Kier molecular flexibility index (Phi) is 8.10. The Morgan fingerprint density at radius 3 is 2.38 bits per heavy atom. The molecule has 1 aromatic carbocycles. The molecule has 0 aliphatic rings. The van der Waals surface area contributed by atoms with Crippen molar-refractivity contribution in [1.29, 1.82) is 0 Å². The maximum atomic E-state index is 12.0. The summed E-state index contributed by atoms with van der Waals surface area (Å²) in [5, 5.41) is 0. The van der Waals surface area contributed by atoms with Crippen molar-refractivity contribution >= 4 is 17.8 Å². The molecule has 8 nitrogen and oxygen atoms in total. The van der Waals surface area contributed by atoms with Crippen LogP contribution in [0.15, 0.2) is 18.2 Å². The first-order valence-corrected chi connectivity index (χ1v) is 7.57. The van der Waals surface area contributed by atoms with E-state index in [1.54, 1.807) is 19.1 Å². The highest BCUT2D eigenvalue weighted by Crippen LogP contribution is 2.27. The molecule has 0 unspecified atom stereocenters. The monoisotopic (exact) mass is 338 g/mol. The summed E-state index contributed by atoms with van der Waals surface area (Å²) in [6.45, 7) is 4.25. The van der Waals surface area contributed by atoms with Gasteiger partial charge in [0.15, 0.2) is 11.5 Å². The lowest BCUT2D eigenvalue weighted by atomic mass is 10.2. The molecule has 0 aliphatic heterocycles. The smallest absolute Gasteiger partial charge is 0.306 e. The number of ether oxygens (including phenoxy) is 3. The van der Waals surface area contributed by atoms with Crippen LogP contribution in [-0.4, -0.2) is 38.1 Å². The second-order valence-electron chi connectivity index (χ2n) is 4.61. The molecule has 1 aromatic rings. The number of benzene rings is 1. The molecule has 24 heavy (non-hydrogen) atoms. The summed E-state index contributed by atoms with van der Waals surface area (Å²) >= 11 is 0. The van der Waals surface area contributed by atoms with Gasteiger partial charge in [-0.15, -0.1) is 0 Å². The second-order valence-corrected chi connectivity index (χ2v) is 4.61. The first kappa shape index (κ1) is 19.3. The van der Waals surface area contributed by atoms with Gasteiger partial charge in [0, 0.05) is 12.0 Å². The van der Waals surface area contributed by atoms with Crippen LogP contribution >= 0.6 is 0 Å². The van der Waals surface area contributed by atoms with E-state index < -0.39 is 17.8 Å². The zero-order valence-corrected chi connectivity index (χ0v) is 14.0. The summed E-state index contributed by atoms with van der Waals surface area (Å²) in [5.41, 5.74) is 4.80. The Labute approximate surface area is 140 Å². The Balaban J connectivity index is 2.53. The molecule has 8 heteroatoms. The van der Waals surface area contributed by atoms with E-state index in [9.17, 15) is 14.4 Å². The van der Waals surface area contributed by atoms with Crippen LogP contribution in [0.1, 0.15) is 37.0 Å². The molecule has 2 N–H and O–H groups in total. The third kappa shape index (κ3) is 6.15. The fourth-order valence-corrected chi connectivity index (χ4v) is 1.79. The van der Waals surface area contributed by atoms with Gasteiger partial charge in [0.25, 0.3) is 5.91 Å². The van der Waals surface area contributed by atoms with Gasteiger partial charge in [0.05, 0.1) is 26.7 Å². The van der Waals surface area contributed by atoms with E-state index in [-0.39, 0.29) is 19.4 Å². The number of hydrogen-bond donors (Lipinski definition) is 2. The Bertz CT molecular complexity index is 588. The fourth-order valence-electron chi connectivity index (χ4n) is 1.79. The van der Waals surface area contributed by atoms with E-state index in [1.165, 1.54) is 13.2 Å². The molecule has 0 bridgehead atoms. The summed E-state index contributed by atoms with van der Waals surface area (Å²) in [6.07, 6.45) is -0.127. The van der Waals surface area contributed by atoms with Gasteiger partial charge >= 0.3 is 5.97 Å². The van der Waals surface area contributed by atoms with Crippen LogP contribution < -0.4 is 20.3 Å². The van der Waals surface area contributed by atoms with Gasteiger partial charge in [0.1, 0.15) is 0 Å². The molecule has 0 saturated heterocycles. The van der Waals surface area contributed by atoms with E-state index in [4.69, 9.17) is 14.2 Å². The lowest BCUT2D eigenvalue weighted by molar-refractivity contribution is -0.144. The van der Waals surface area contributed by atoms with E-state index >= 15 is 0 Å². The van der Waals surface area contributed by atoms with E-state index in [2.05, 4.69) is 10.9 Å². The molecule has 0 fully saturated rings. The first-order valence-electron chi connectivity index (χ1n) is 7.57. The topological polar surface area (TPSA) is 103 Å². The lowest BCUT2D eigenvalue weighted by Gasteiger charge is -2.11. The van der Waals surface area contributed by atoms with Crippen molar-refractivity contribution in [1.82, 2.24) is 10.9 Å². The maximum absolute atomic E-state index is 12.0. The summed E-state index contributed by atoms with van der Waals surface area (Å²) in [5.74, 6) is -0.529. The molecule has 1 rings (SSSR count). The van der Waals surface area contributed by atoms with Crippen LogP contribution in [0.3, 0.4) is 0 Å². The van der Waals surface area contributed by atoms with Crippen LogP contribution in [0.5, 0.6) is 11.5 Å². The van der Waals surface area contributed by atoms with Crippen LogP contribution in [0, 0.1) is 0 Å². The number of carbonyl (C=O) groups is 3. The average molecular weight is 338 g/mol. The van der Waals surface area contributed by atoms with Gasteiger partial charge in [0.2, 0.25) is 5.91 Å². The van der Waals surface area contributed by atoms with Crippen LogP contribution in [0.25, 0.3) is 0 Å². The van der Waals surface area contributed by atoms with Gasteiger partial charge in [-0.2, -0.15) is 0 Å². The number of nitrogens with one attached hydrogen (secondary N) is 2. The molecular formula is C16H22N2O6. The Morgan fingerprint density at radius 2 is 1.75 bits per heavy atom. The first-order chi connectivity index (χ1) is 11.5. The highest BCUT2D eigenvalue weighted by atomic mass is 16.5. The number of hydrogen-bond acceptors (Lipinski definition) is 6. The zero-order valence-electron chi connectivity index (χ0n) is 14.0. The van der Waals surface area contributed by atoms with E-state index in [0.29, 0.717) is 23.7 Å². The molecule has 0 heterocycles. The van der Waals surface area contributed by atoms with Crippen molar-refractivity contribution in [3.05, 3.63) is 23.8 Å². The van der Waals surface area contributed by atoms with Crippen molar-refractivity contribution in [2.75, 3.05) is 20.3 Å². The largest absolute Gasteiger partial charge is 0.493 e. The summed E-state index contributed by atoms with van der Waals surface area (Å²) in [6, 6.07) is 4.67. The van der Waals surface area contributed by atoms with Gasteiger partial charge < -0.3 is 14.2 Å². The van der Waals surface area contributed by atoms with Crippen molar-refractivity contribution in [2.45, 2.75) is 26.7 Å². The van der Waals surface area contributed by atoms with Crippen molar-refractivity contribution in [3.63, 3.8) is 0 Å². The van der Waals surface area contributed by atoms with E-state index in [1.807, 2.05) is 6.92 Å². The fraction of sp³-hybridized carbons (Fsp3) is 0.438. The second kappa shape index (κ2) is 10.1. The minimum atomic E-state index is -0.513. The third-order valence-electron chi connectivity index (χ3n) is 2.90. The highest BCUT2D eigenvalue weighted by molar-refractivity contribution is 5.96. The van der Waals surface area contributed by atoms with E-state index in [0.717, 1.165) is 0 Å². The molecule has 0 saturated carbocycles. The number of carbonyl (C=O) groups excluding carboxylic acids is 3. The summed E-state index contributed by atoms with van der Waals surface area (Å²) in [4.78, 5) is 34.7. The lowest BCUT2D eigenvalue weighted by Crippen LogP contribution is -2.41. The number of hydrazine groups is 1. The molecular weight excluding hydrogens is 316 g/mol. The minimum Gasteiger partial charge on any atom is -0.493 e. The quantitative estimate of drug-likeness (QED) is 0.545. The normalized spacial score (nSPS) is 9.79. The van der Waals surface area contributed by atoms with Gasteiger partial charge in [-0.25, -0.2) is 0 Å². The van der Waals surface area contributed by atoms with Gasteiger partial charge in [-0.1, -0.05) is 0 Å². The highest BCUT2D eigenvalue weighted by Gasteiger charge is 2.12. The zero-order chi connectivity index (χ0) is 17.9. The maximum Gasteiger partial charge on any atom is 0.306 e. The summed E-state index contributed by atoms with van der Waals surface area (Å²) < 4.78 is 15.2. The molecule has 0 atom stereocenters. The molecule has 0 radical (unpaired) electrons. The molecule has 0 aliphatic carbocycles. The molecule has 2 amide bonds. The van der Waals surface area contributed by atoms with Crippen LogP contribution in [-0.2, 0) is 14.3 Å². The molecule has 0 aromatic heterocycles. The van der Waals surface area contributed by atoms with Crippen molar-refractivity contribution in [2.24, 2.45) is 0 Å². The molecule has 132 valence electrons. The number of rotatable bonds is 8. The standard InChI is InChI=1S/C16H22N2O6/c1-4-23-12-7-6-11(10-13(12)22-3)16(21)18-17-14(19)8-9-15(20)24-5-2/h6-7,10H,4-5,8-9H2,1-3H3,(H,17,19)(H,18,21). The Morgan fingerprint density at radius 1 is 1.00 bits per heavy atom. The van der Waals surface area contributed by atoms with Gasteiger partial charge in [-0.05, 0) is 32.0 Å². The predicted octanol–water partition coefficient (Wildman–Crippen LogP) is 1.20. The summed E-state index contributed by atoms with van der Waals surface area (Å²) in [7, 11) is 1.47. The third-order valence-corrected chi connectivity index (χ3v) is 2.90. The minimum absolute atomic E-state index is 0.0492. The van der Waals surface area contributed by atoms with Crippen LogP contribution in [0.2, 0.25) is 0 Å². The van der Waals surface area contributed by atoms with Crippen molar-refractivity contribution < 1.29 is 28.6 Å². The average Bonchev–Trinajstić information content (AvgIpc) is 2.58. The number of esters is 1. The SMILES string of the molecule is CCOC(=O)CCC(=O)NNC(=O)c1ccc(OCC)c(OC)c1. The number of amides is 2. The number of methoxy groups -OCH3 is 1.